The first-order valence-corrected chi connectivity index (χ1v) is 13.0. The van der Waals surface area contributed by atoms with Gasteiger partial charge >= 0.3 is 6.03 Å². The molecule has 0 aliphatic heterocycles. The van der Waals surface area contributed by atoms with Gasteiger partial charge < -0.3 is 9.73 Å². The smallest absolute Gasteiger partial charge is 0.321 e. The summed E-state index contributed by atoms with van der Waals surface area (Å²) in [5.74, 6) is 0.634. The number of nitrogens with zero attached hydrogens (tertiary/aromatic N) is 2. The van der Waals surface area contributed by atoms with Crippen molar-refractivity contribution in [3.05, 3.63) is 45.0 Å². The number of furan rings is 1. The van der Waals surface area contributed by atoms with Crippen molar-refractivity contribution in [2.45, 2.75) is 57.7 Å². The number of thiophene rings is 1. The van der Waals surface area contributed by atoms with E-state index in [2.05, 4.69) is 24.5 Å². The molecule has 176 valence electrons. The number of carbonyl (C=O) groups is 2. The van der Waals surface area contributed by atoms with Crippen molar-refractivity contribution in [3.63, 3.8) is 0 Å². The highest BCUT2D eigenvalue weighted by molar-refractivity contribution is 7.99. The van der Waals surface area contributed by atoms with Gasteiger partial charge in [-0.2, -0.15) is 0 Å². The summed E-state index contributed by atoms with van der Waals surface area (Å²) < 4.78 is 7.03. The quantitative estimate of drug-likeness (QED) is 0.367. The topological polar surface area (TPSA) is 106 Å². The van der Waals surface area contributed by atoms with Crippen molar-refractivity contribution in [2.75, 3.05) is 12.3 Å². The molecule has 0 saturated heterocycles. The molecule has 3 aromatic rings. The minimum atomic E-state index is -0.511. The van der Waals surface area contributed by atoms with Crippen LogP contribution in [0.4, 0.5) is 4.79 Å². The molecule has 0 fully saturated rings. The van der Waals surface area contributed by atoms with Crippen LogP contribution in [0.1, 0.15) is 49.3 Å². The van der Waals surface area contributed by atoms with E-state index < -0.39 is 11.9 Å². The molecule has 0 unspecified atom stereocenters. The van der Waals surface area contributed by atoms with Gasteiger partial charge in [-0.1, -0.05) is 25.6 Å². The Balaban J connectivity index is 1.54. The maximum atomic E-state index is 13.5. The van der Waals surface area contributed by atoms with E-state index in [9.17, 15) is 14.4 Å². The normalized spacial score (nSPS) is 13.3. The van der Waals surface area contributed by atoms with Crippen LogP contribution < -0.4 is 16.2 Å². The molecule has 8 nitrogen and oxygen atoms in total. The Morgan fingerprint density at radius 2 is 2.12 bits per heavy atom. The van der Waals surface area contributed by atoms with Crippen molar-refractivity contribution in [3.8, 4) is 0 Å². The lowest BCUT2D eigenvalue weighted by Crippen LogP contribution is -2.41. The second-order valence-corrected chi connectivity index (χ2v) is 10.6. The van der Waals surface area contributed by atoms with Gasteiger partial charge in [0.15, 0.2) is 5.16 Å². The number of carbonyl (C=O) groups excluding carboxylic acids is 2. The molecule has 0 radical (unpaired) electrons. The summed E-state index contributed by atoms with van der Waals surface area (Å²) in [5, 5.41) is 6.16. The molecule has 3 amide bonds. The first-order chi connectivity index (χ1) is 15.9. The van der Waals surface area contributed by atoms with Gasteiger partial charge in [-0.25, -0.2) is 9.78 Å². The zero-order valence-electron chi connectivity index (χ0n) is 18.8. The summed E-state index contributed by atoms with van der Waals surface area (Å²) in [6, 6.07) is 3.07. The molecule has 10 heteroatoms. The van der Waals surface area contributed by atoms with E-state index >= 15 is 0 Å². The molecular formula is C23H28N4O4S2. The Kier molecular flexibility index (Phi) is 7.54. The zero-order chi connectivity index (χ0) is 23.4. The first kappa shape index (κ1) is 23.6. The van der Waals surface area contributed by atoms with E-state index in [1.54, 1.807) is 28.2 Å². The average molecular weight is 489 g/mol. The van der Waals surface area contributed by atoms with Crippen LogP contribution in [0, 0.1) is 5.92 Å². The summed E-state index contributed by atoms with van der Waals surface area (Å²) in [7, 11) is 0. The Bertz CT molecular complexity index is 1200. The Labute approximate surface area is 200 Å². The molecule has 3 heterocycles. The average Bonchev–Trinajstić information content (AvgIpc) is 3.41. The van der Waals surface area contributed by atoms with Crippen molar-refractivity contribution >= 4 is 45.3 Å². The van der Waals surface area contributed by atoms with Crippen LogP contribution in [0.25, 0.3) is 10.2 Å². The maximum Gasteiger partial charge on any atom is 0.321 e. The van der Waals surface area contributed by atoms with Crippen LogP contribution in [0.5, 0.6) is 0 Å². The molecule has 4 rings (SSSR count). The molecule has 0 aromatic carbocycles. The first-order valence-electron chi connectivity index (χ1n) is 11.2. The minimum Gasteiger partial charge on any atom is -0.467 e. The molecular weight excluding hydrogens is 460 g/mol. The van der Waals surface area contributed by atoms with Gasteiger partial charge in [-0.3, -0.25) is 19.5 Å². The third-order valence-corrected chi connectivity index (χ3v) is 7.69. The van der Waals surface area contributed by atoms with Gasteiger partial charge in [-0.05, 0) is 55.7 Å². The Morgan fingerprint density at radius 1 is 1.30 bits per heavy atom. The second kappa shape index (κ2) is 10.6. The van der Waals surface area contributed by atoms with Crippen molar-refractivity contribution in [2.24, 2.45) is 5.92 Å². The second-order valence-electron chi connectivity index (χ2n) is 8.53. The molecule has 0 saturated carbocycles. The number of aromatic nitrogens is 2. The number of thioether (sulfide) groups is 1. The van der Waals surface area contributed by atoms with E-state index in [0.717, 1.165) is 54.3 Å². The van der Waals surface area contributed by atoms with E-state index in [4.69, 9.17) is 9.40 Å². The number of urea groups is 1. The lowest BCUT2D eigenvalue weighted by Gasteiger charge is -2.13. The predicted octanol–water partition coefficient (Wildman–Crippen LogP) is 3.94. The minimum absolute atomic E-state index is 0.0290. The Hall–Kier alpha value is -2.59. The number of aryl methyl sites for hydroxylation is 2. The summed E-state index contributed by atoms with van der Waals surface area (Å²) in [6.07, 6.45) is 6.48. The predicted molar refractivity (Wildman–Crippen MR) is 130 cm³/mol. The Morgan fingerprint density at radius 3 is 2.88 bits per heavy atom. The van der Waals surface area contributed by atoms with E-state index in [0.29, 0.717) is 28.8 Å². The third kappa shape index (κ3) is 5.67. The monoisotopic (exact) mass is 488 g/mol. The van der Waals surface area contributed by atoms with E-state index in [1.807, 2.05) is 6.07 Å². The summed E-state index contributed by atoms with van der Waals surface area (Å²) >= 11 is 2.72. The molecule has 1 aliphatic carbocycles. The van der Waals surface area contributed by atoms with Gasteiger partial charge in [0.05, 0.1) is 23.9 Å². The number of rotatable bonds is 8. The maximum absolute atomic E-state index is 13.5. The van der Waals surface area contributed by atoms with Crippen LogP contribution >= 0.6 is 23.1 Å². The van der Waals surface area contributed by atoms with Crippen molar-refractivity contribution in [1.82, 2.24) is 20.2 Å². The van der Waals surface area contributed by atoms with Crippen LogP contribution in [-0.4, -0.2) is 33.8 Å². The number of nitrogens with one attached hydrogen (secondary N) is 2. The van der Waals surface area contributed by atoms with E-state index in [-0.39, 0.29) is 17.9 Å². The molecule has 0 bridgehead atoms. The van der Waals surface area contributed by atoms with E-state index in [1.165, 1.54) is 4.88 Å². The van der Waals surface area contributed by atoms with Gasteiger partial charge in [0.25, 0.3) is 5.56 Å². The highest BCUT2D eigenvalue weighted by Gasteiger charge is 2.23. The molecule has 33 heavy (non-hydrogen) atoms. The summed E-state index contributed by atoms with van der Waals surface area (Å²) in [4.78, 5) is 44.5. The lowest BCUT2D eigenvalue weighted by atomic mass is 9.97. The van der Waals surface area contributed by atoms with Gasteiger partial charge in [0.2, 0.25) is 5.91 Å². The summed E-state index contributed by atoms with van der Waals surface area (Å²) in [6.45, 7) is 4.88. The lowest BCUT2D eigenvalue weighted by molar-refractivity contribution is -0.117. The van der Waals surface area contributed by atoms with Gasteiger partial charge in [-0.15, -0.1) is 11.3 Å². The fourth-order valence-corrected chi connectivity index (χ4v) is 5.94. The van der Waals surface area contributed by atoms with Crippen molar-refractivity contribution < 1.29 is 14.0 Å². The number of hydrogen-bond acceptors (Lipinski definition) is 7. The number of imide groups is 1. The van der Waals surface area contributed by atoms with Crippen LogP contribution in [0.3, 0.4) is 0 Å². The molecule has 1 aliphatic rings. The zero-order valence-corrected chi connectivity index (χ0v) is 20.4. The number of amides is 3. The molecule has 0 spiro atoms. The van der Waals surface area contributed by atoms with Gasteiger partial charge in [0, 0.05) is 11.4 Å². The standard InChI is InChI=1S/C23H28N4O4S2/c1-14(2)9-10-24-22(30)25-18(28)13-32-23-26-20-19(16-7-3-4-8-17(16)33-20)21(29)27(23)12-15-6-5-11-31-15/h5-6,11,14H,3-4,7-10,12-13H2,1-2H3,(H2,24,25,28,30). The molecule has 3 aromatic heterocycles. The van der Waals surface area contributed by atoms with Crippen LogP contribution in [-0.2, 0) is 24.2 Å². The fraction of sp³-hybridized carbons (Fsp3) is 0.478. The highest BCUT2D eigenvalue weighted by Crippen LogP contribution is 2.34. The SMILES string of the molecule is CC(C)CCNC(=O)NC(=O)CSc1nc2sc3c(c2c(=O)n1Cc1ccco1)CCCC3. The van der Waals surface area contributed by atoms with Crippen LogP contribution in [0.15, 0.2) is 32.8 Å². The number of fused-ring (bicyclic) bond motifs is 3. The van der Waals surface area contributed by atoms with Crippen molar-refractivity contribution in [1.29, 1.82) is 0 Å². The largest absolute Gasteiger partial charge is 0.467 e. The summed E-state index contributed by atoms with van der Waals surface area (Å²) in [5.41, 5.74) is 1.02. The number of hydrogen-bond donors (Lipinski definition) is 2. The molecule has 2 N–H and O–H groups in total. The fourth-order valence-electron chi connectivity index (χ4n) is 3.84. The third-order valence-electron chi connectivity index (χ3n) is 5.53. The van der Waals surface area contributed by atoms with Crippen LogP contribution in [0.2, 0.25) is 0 Å². The highest BCUT2D eigenvalue weighted by atomic mass is 32.2. The van der Waals surface area contributed by atoms with Gasteiger partial charge in [0.1, 0.15) is 10.6 Å². The molecule has 0 atom stereocenters.